The van der Waals surface area contributed by atoms with Gasteiger partial charge in [-0.3, -0.25) is 0 Å². The monoisotopic (exact) mass is 220 g/mol. The fourth-order valence-corrected chi connectivity index (χ4v) is 1.26. The molecule has 0 amide bonds. The van der Waals surface area contributed by atoms with Crippen LogP contribution in [0.4, 0.5) is 0 Å². The van der Waals surface area contributed by atoms with Gasteiger partial charge >= 0.3 is 11.9 Å². The topological polar surface area (TPSA) is 52.6 Å². The molecule has 84 valence electrons. The first-order chi connectivity index (χ1) is 7.63. The highest BCUT2D eigenvalue weighted by atomic mass is 16.5. The van der Waals surface area contributed by atoms with Crippen molar-refractivity contribution in [2.24, 2.45) is 0 Å². The van der Waals surface area contributed by atoms with Crippen molar-refractivity contribution in [1.82, 2.24) is 0 Å². The van der Waals surface area contributed by atoms with E-state index in [0.717, 1.165) is 5.56 Å². The van der Waals surface area contributed by atoms with Crippen LogP contribution in [0, 0.1) is 0 Å². The van der Waals surface area contributed by atoms with Crippen LogP contribution in [0.5, 0.6) is 0 Å². The van der Waals surface area contributed by atoms with Crippen LogP contribution in [0.25, 0.3) is 6.08 Å². The second-order valence-corrected chi connectivity index (χ2v) is 2.99. The third-order valence-corrected chi connectivity index (χ3v) is 2.09. The van der Waals surface area contributed by atoms with Crippen molar-refractivity contribution >= 4 is 18.0 Å². The smallest absolute Gasteiger partial charge is 0.338 e. The first-order valence-electron chi connectivity index (χ1n) is 4.57. The van der Waals surface area contributed by atoms with E-state index in [1.165, 1.54) is 26.4 Å². The van der Waals surface area contributed by atoms with Gasteiger partial charge in [0.05, 0.1) is 25.3 Å². The fourth-order valence-electron chi connectivity index (χ4n) is 1.26. The highest BCUT2D eigenvalue weighted by molar-refractivity contribution is 6.03. The molecule has 0 spiro atoms. The SMILES string of the molecule is C=Cc1ccc(C(=O)OC)c(C(=O)OC)c1. The molecule has 16 heavy (non-hydrogen) atoms. The summed E-state index contributed by atoms with van der Waals surface area (Å²) in [5.74, 6) is -1.15. The van der Waals surface area contributed by atoms with Gasteiger partial charge in [-0.15, -0.1) is 0 Å². The van der Waals surface area contributed by atoms with Crippen molar-refractivity contribution in [3.05, 3.63) is 41.5 Å². The third-order valence-electron chi connectivity index (χ3n) is 2.09. The number of hydrogen-bond acceptors (Lipinski definition) is 4. The molecule has 0 radical (unpaired) electrons. The first kappa shape index (κ1) is 12.0. The standard InChI is InChI=1S/C12H12O4/c1-4-8-5-6-9(11(13)15-2)10(7-8)12(14)16-3/h4-7H,1H2,2-3H3. The number of ether oxygens (including phenoxy) is 2. The minimum absolute atomic E-state index is 0.173. The Hall–Kier alpha value is -2.10. The summed E-state index contributed by atoms with van der Waals surface area (Å²) < 4.78 is 9.16. The van der Waals surface area contributed by atoms with Crippen LogP contribution in [-0.4, -0.2) is 26.2 Å². The van der Waals surface area contributed by atoms with E-state index in [4.69, 9.17) is 0 Å². The summed E-state index contributed by atoms with van der Waals surface area (Å²) in [6.07, 6.45) is 1.58. The van der Waals surface area contributed by atoms with Crippen molar-refractivity contribution in [2.75, 3.05) is 14.2 Å². The van der Waals surface area contributed by atoms with Crippen molar-refractivity contribution < 1.29 is 19.1 Å². The summed E-state index contributed by atoms with van der Waals surface area (Å²) >= 11 is 0. The molecule has 4 heteroatoms. The van der Waals surface area contributed by atoms with Crippen LogP contribution in [0.2, 0.25) is 0 Å². The average Bonchev–Trinajstić information content (AvgIpc) is 2.36. The quantitative estimate of drug-likeness (QED) is 0.730. The molecule has 0 aliphatic carbocycles. The summed E-state index contributed by atoms with van der Waals surface area (Å²) in [5.41, 5.74) is 1.08. The zero-order valence-electron chi connectivity index (χ0n) is 9.15. The molecule has 4 nitrogen and oxygen atoms in total. The molecule has 0 saturated heterocycles. The molecule has 0 heterocycles. The summed E-state index contributed by atoms with van der Waals surface area (Å²) in [5, 5.41) is 0. The van der Waals surface area contributed by atoms with Gasteiger partial charge in [-0.1, -0.05) is 18.7 Å². The minimum Gasteiger partial charge on any atom is -0.465 e. The Morgan fingerprint density at radius 1 is 1.12 bits per heavy atom. The Morgan fingerprint density at radius 2 is 1.69 bits per heavy atom. The molecule has 0 N–H and O–H groups in total. The molecule has 0 bridgehead atoms. The van der Waals surface area contributed by atoms with Gasteiger partial charge < -0.3 is 9.47 Å². The van der Waals surface area contributed by atoms with Gasteiger partial charge in [0.25, 0.3) is 0 Å². The minimum atomic E-state index is -0.580. The number of carbonyl (C=O) groups is 2. The lowest BCUT2D eigenvalue weighted by molar-refractivity contribution is 0.0555. The molecule has 1 aromatic carbocycles. The molecule has 1 rings (SSSR count). The fraction of sp³-hybridized carbons (Fsp3) is 0.167. The maximum Gasteiger partial charge on any atom is 0.338 e. The summed E-state index contributed by atoms with van der Waals surface area (Å²) in [7, 11) is 2.51. The zero-order chi connectivity index (χ0) is 12.1. The second-order valence-electron chi connectivity index (χ2n) is 2.99. The molecule has 0 unspecified atom stereocenters. The van der Waals surface area contributed by atoms with Gasteiger partial charge in [0, 0.05) is 0 Å². The van der Waals surface area contributed by atoms with Crippen LogP contribution in [-0.2, 0) is 9.47 Å². The van der Waals surface area contributed by atoms with Crippen LogP contribution >= 0.6 is 0 Å². The first-order valence-corrected chi connectivity index (χ1v) is 4.57. The van der Waals surface area contributed by atoms with E-state index < -0.39 is 11.9 Å². The molecule has 0 aromatic heterocycles. The average molecular weight is 220 g/mol. The van der Waals surface area contributed by atoms with Crippen LogP contribution in [0.15, 0.2) is 24.8 Å². The van der Waals surface area contributed by atoms with E-state index in [1.807, 2.05) is 0 Å². The Kier molecular flexibility index (Phi) is 3.83. The van der Waals surface area contributed by atoms with E-state index in [1.54, 1.807) is 12.1 Å². The number of hydrogen-bond donors (Lipinski definition) is 0. The van der Waals surface area contributed by atoms with E-state index in [0.29, 0.717) is 0 Å². The molecular formula is C12H12O4. The molecule has 0 fully saturated rings. The summed E-state index contributed by atoms with van der Waals surface area (Å²) in [6, 6.07) is 4.71. The molecule has 0 saturated carbocycles. The molecule has 0 aliphatic rings. The number of methoxy groups -OCH3 is 2. The predicted molar refractivity (Wildman–Crippen MR) is 59.2 cm³/mol. The lowest BCUT2D eigenvalue weighted by Gasteiger charge is -2.06. The summed E-state index contributed by atoms with van der Waals surface area (Å²) in [4.78, 5) is 22.9. The predicted octanol–water partition coefficient (Wildman–Crippen LogP) is 1.90. The Bertz CT molecular complexity index is 435. The number of benzene rings is 1. The molecule has 1 aromatic rings. The van der Waals surface area contributed by atoms with Crippen molar-refractivity contribution in [3.63, 3.8) is 0 Å². The Labute approximate surface area is 93.5 Å². The Balaban J connectivity index is 3.32. The lowest BCUT2D eigenvalue weighted by Crippen LogP contribution is -2.11. The normalized spacial score (nSPS) is 9.38. The van der Waals surface area contributed by atoms with Gasteiger partial charge in [0.15, 0.2) is 0 Å². The summed E-state index contributed by atoms with van der Waals surface area (Å²) in [6.45, 7) is 3.58. The van der Waals surface area contributed by atoms with Crippen molar-refractivity contribution in [1.29, 1.82) is 0 Å². The van der Waals surface area contributed by atoms with Crippen LogP contribution in [0.1, 0.15) is 26.3 Å². The highest BCUT2D eigenvalue weighted by Crippen LogP contribution is 2.15. The zero-order valence-corrected chi connectivity index (χ0v) is 9.15. The number of rotatable bonds is 3. The van der Waals surface area contributed by atoms with Crippen LogP contribution < -0.4 is 0 Å². The van der Waals surface area contributed by atoms with Crippen molar-refractivity contribution in [2.45, 2.75) is 0 Å². The maximum atomic E-state index is 11.5. The van der Waals surface area contributed by atoms with Crippen molar-refractivity contribution in [3.8, 4) is 0 Å². The highest BCUT2D eigenvalue weighted by Gasteiger charge is 2.18. The van der Waals surface area contributed by atoms with Gasteiger partial charge in [-0.05, 0) is 17.7 Å². The van der Waals surface area contributed by atoms with E-state index in [-0.39, 0.29) is 11.1 Å². The molecule has 0 atom stereocenters. The van der Waals surface area contributed by atoms with Gasteiger partial charge in [-0.25, -0.2) is 9.59 Å². The molecular weight excluding hydrogens is 208 g/mol. The number of carbonyl (C=O) groups excluding carboxylic acids is 2. The van der Waals surface area contributed by atoms with E-state index >= 15 is 0 Å². The van der Waals surface area contributed by atoms with E-state index in [2.05, 4.69) is 16.1 Å². The van der Waals surface area contributed by atoms with Crippen LogP contribution in [0.3, 0.4) is 0 Å². The molecule has 0 aliphatic heterocycles. The van der Waals surface area contributed by atoms with Gasteiger partial charge in [0.1, 0.15) is 0 Å². The Morgan fingerprint density at radius 3 is 2.19 bits per heavy atom. The van der Waals surface area contributed by atoms with Gasteiger partial charge in [-0.2, -0.15) is 0 Å². The lowest BCUT2D eigenvalue weighted by atomic mass is 10.0. The second kappa shape index (κ2) is 5.11. The van der Waals surface area contributed by atoms with Gasteiger partial charge in [0.2, 0.25) is 0 Å². The maximum absolute atomic E-state index is 11.5. The van der Waals surface area contributed by atoms with E-state index in [9.17, 15) is 9.59 Å². The third kappa shape index (κ3) is 2.28. The number of esters is 2. The largest absolute Gasteiger partial charge is 0.465 e.